The fourth-order valence-corrected chi connectivity index (χ4v) is 7.21. The number of rotatable bonds is 1. The third kappa shape index (κ3) is 1.82. The third-order valence-corrected chi connectivity index (χ3v) is 7.96. The normalized spacial score (nSPS) is 54.6. The molecule has 1 heterocycles. The molecule has 1 saturated heterocycles. The summed E-state index contributed by atoms with van der Waals surface area (Å²) in [5.41, 5.74) is -2.55. The van der Waals surface area contributed by atoms with Crippen molar-refractivity contribution in [1.29, 1.82) is 0 Å². The molecule has 5 rings (SSSR count). The molecule has 7 atom stereocenters. The van der Waals surface area contributed by atoms with Crippen molar-refractivity contribution in [2.45, 2.75) is 50.2 Å². The van der Waals surface area contributed by atoms with Gasteiger partial charge >= 0.3 is 57.4 Å². The minimum Gasteiger partial charge on any atom is -0.550 e. The van der Waals surface area contributed by atoms with Gasteiger partial charge in [0.05, 0.1) is 11.0 Å². The van der Waals surface area contributed by atoms with Gasteiger partial charge in [0.2, 0.25) is 0 Å². The number of carbonyl (C=O) groups is 2. The van der Waals surface area contributed by atoms with Crippen LogP contribution in [0.1, 0.15) is 39.0 Å². The van der Waals surface area contributed by atoms with E-state index in [2.05, 4.69) is 6.58 Å². The molecule has 1 spiro atoms. The summed E-state index contributed by atoms with van der Waals surface area (Å²) < 4.78 is 5.96. The van der Waals surface area contributed by atoms with E-state index in [9.17, 15) is 19.8 Å². The van der Waals surface area contributed by atoms with E-state index in [4.69, 9.17) is 4.74 Å². The molecular weight excluding hydrogens is 347 g/mol. The number of esters is 1. The van der Waals surface area contributed by atoms with E-state index in [1.54, 1.807) is 6.92 Å². The smallest absolute Gasteiger partial charge is 0.550 e. The molecule has 0 aromatic carbocycles. The van der Waals surface area contributed by atoms with Gasteiger partial charge in [0.15, 0.2) is 0 Å². The number of ether oxygens (including phenoxy) is 1. The molecule has 5 nitrogen and oxygen atoms in total. The summed E-state index contributed by atoms with van der Waals surface area (Å²) >= 11 is 0. The van der Waals surface area contributed by atoms with Crippen molar-refractivity contribution >= 4 is 11.9 Å². The van der Waals surface area contributed by atoms with Crippen LogP contribution in [0.4, 0.5) is 0 Å². The van der Waals surface area contributed by atoms with Gasteiger partial charge in [-0.25, -0.2) is 0 Å². The van der Waals surface area contributed by atoms with Gasteiger partial charge in [-0.3, -0.25) is 4.79 Å². The van der Waals surface area contributed by atoms with Gasteiger partial charge in [0, 0.05) is 30.1 Å². The van der Waals surface area contributed by atoms with Crippen molar-refractivity contribution in [3.05, 3.63) is 24.3 Å². The van der Waals surface area contributed by atoms with E-state index in [1.807, 2.05) is 12.2 Å². The van der Waals surface area contributed by atoms with Crippen LogP contribution in [0.2, 0.25) is 0 Å². The Balaban J connectivity index is 0.00000157. The van der Waals surface area contributed by atoms with Crippen LogP contribution in [0.3, 0.4) is 0 Å². The number of aliphatic hydroxyl groups is 1. The van der Waals surface area contributed by atoms with Crippen molar-refractivity contribution in [1.82, 2.24) is 0 Å². The van der Waals surface area contributed by atoms with Gasteiger partial charge in [-0.05, 0) is 43.6 Å². The molecule has 0 radical (unpaired) electrons. The molecule has 4 aliphatic carbocycles. The van der Waals surface area contributed by atoms with Crippen molar-refractivity contribution < 1.29 is 75.9 Å². The number of carboxylic acid groups (broad SMARTS) is 1. The maximum atomic E-state index is 12.6. The minimum atomic E-state index is -1.12. The molecule has 6 heteroatoms. The topological polar surface area (TPSA) is 86.7 Å². The SMILES string of the molecule is C=C1C[C@]23C[C@@]1(O)CC[C@H]2[C@@]12CC=C[C@@](C)(C(=O)O1)[C@H]2[C@@H]3C(=O)[O-].[K+]. The van der Waals surface area contributed by atoms with Crippen LogP contribution in [-0.2, 0) is 14.3 Å². The number of hydrogen-bond donors (Lipinski definition) is 1. The molecule has 4 bridgehead atoms. The number of carbonyl (C=O) groups excluding carboxylic acids is 2. The summed E-state index contributed by atoms with van der Waals surface area (Å²) in [7, 11) is 0. The summed E-state index contributed by atoms with van der Waals surface area (Å²) in [5, 5.41) is 23.2. The molecule has 1 aliphatic heterocycles. The van der Waals surface area contributed by atoms with Crippen LogP contribution in [0, 0.1) is 28.6 Å². The predicted molar refractivity (Wildman–Crippen MR) is 81.2 cm³/mol. The molecule has 128 valence electrons. The third-order valence-electron chi connectivity index (χ3n) is 7.96. The van der Waals surface area contributed by atoms with Crippen molar-refractivity contribution in [2.75, 3.05) is 0 Å². The Bertz CT molecular complexity index is 746. The first-order valence-electron chi connectivity index (χ1n) is 8.72. The Morgan fingerprint density at radius 3 is 2.88 bits per heavy atom. The maximum Gasteiger partial charge on any atom is 1.00 e. The van der Waals surface area contributed by atoms with Gasteiger partial charge in [-0.1, -0.05) is 18.7 Å². The van der Waals surface area contributed by atoms with Gasteiger partial charge in [0.1, 0.15) is 5.60 Å². The number of aliphatic carboxylic acids is 1. The van der Waals surface area contributed by atoms with Crippen LogP contribution in [0.15, 0.2) is 24.3 Å². The van der Waals surface area contributed by atoms with Crippen molar-refractivity contribution in [3.8, 4) is 0 Å². The van der Waals surface area contributed by atoms with E-state index >= 15 is 0 Å². The van der Waals surface area contributed by atoms with E-state index < -0.39 is 39.8 Å². The Kier molecular flexibility index (Phi) is 3.74. The van der Waals surface area contributed by atoms with Gasteiger partial charge in [0.25, 0.3) is 0 Å². The first kappa shape index (κ1) is 18.4. The Morgan fingerprint density at radius 1 is 1.48 bits per heavy atom. The van der Waals surface area contributed by atoms with E-state index in [-0.39, 0.29) is 63.3 Å². The fourth-order valence-electron chi connectivity index (χ4n) is 7.21. The van der Waals surface area contributed by atoms with Crippen LogP contribution in [-0.4, -0.2) is 28.2 Å². The molecule has 25 heavy (non-hydrogen) atoms. The summed E-state index contributed by atoms with van der Waals surface area (Å²) in [6.45, 7) is 5.83. The zero-order valence-electron chi connectivity index (χ0n) is 14.7. The summed E-state index contributed by atoms with van der Waals surface area (Å²) in [4.78, 5) is 24.9. The standard InChI is InChI=1S/C19H22O5.K/c1-10-8-17-9-18(10,23)7-4-11(17)19-6-3-5-16(2,15(22)24-19)13(19)12(17)14(20)21;/h3,5,11-13,23H,1,4,6-9H2,2H3,(H,20,21);/q;+1/p-1/t11-,12-,13-,16-,17+,18+,19-;/m1./s1. The molecule has 0 aromatic heterocycles. The molecule has 4 fully saturated rings. The average Bonchev–Trinajstić information content (AvgIpc) is 2.88. The first-order valence-corrected chi connectivity index (χ1v) is 8.72. The first-order chi connectivity index (χ1) is 11.2. The number of fused-ring (bicyclic) bond motifs is 1. The van der Waals surface area contributed by atoms with E-state index in [1.165, 1.54) is 0 Å². The second-order valence-corrected chi connectivity index (χ2v) is 8.82. The minimum absolute atomic E-state index is 0. The fraction of sp³-hybridized carbons (Fsp3) is 0.684. The van der Waals surface area contributed by atoms with Gasteiger partial charge in [-0.15, -0.1) is 0 Å². The predicted octanol–water partition coefficient (Wildman–Crippen LogP) is -2.27. The summed E-state index contributed by atoms with van der Waals surface area (Å²) in [6.07, 6.45) is 6.45. The molecule has 1 N–H and O–H groups in total. The second kappa shape index (κ2) is 5.09. The molecule has 0 aromatic rings. The Morgan fingerprint density at radius 2 is 2.20 bits per heavy atom. The molecule has 3 saturated carbocycles. The Labute approximate surface area is 189 Å². The monoisotopic (exact) mass is 368 g/mol. The number of hydrogen-bond acceptors (Lipinski definition) is 5. The molecule has 0 unspecified atom stereocenters. The average molecular weight is 368 g/mol. The molecule has 0 amide bonds. The van der Waals surface area contributed by atoms with Crippen LogP contribution in [0.25, 0.3) is 0 Å². The van der Waals surface area contributed by atoms with Crippen molar-refractivity contribution in [3.63, 3.8) is 0 Å². The van der Waals surface area contributed by atoms with E-state index in [0.717, 1.165) is 5.57 Å². The molecular formula is C19H21KO5. The largest absolute Gasteiger partial charge is 1.00 e. The molecule has 5 aliphatic rings. The maximum absolute atomic E-state index is 12.6. The van der Waals surface area contributed by atoms with Crippen LogP contribution < -0.4 is 56.5 Å². The quantitative estimate of drug-likeness (QED) is 0.320. The zero-order valence-corrected chi connectivity index (χ0v) is 17.8. The van der Waals surface area contributed by atoms with Gasteiger partial charge in [-0.2, -0.15) is 0 Å². The van der Waals surface area contributed by atoms with Crippen molar-refractivity contribution in [2.24, 2.45) is 28.6 Å². The van der Waals surface area contributed by atoms with E-state index in [0.29, 0.717) is 32.1 Å². The zero-order chi connectivity index (χ0) is 17.1. The number of carboxylic acids is 1. The van der Waals surface area contributed by atoms with Gasteiger partial charge < -0.3 is 19.7 Å². The Hall–Kier alpha value is 0.0164. The summed E-state index contributed by atoms with van der Waals surface area (Å²) in [6, 6.07) is 0. The second-order valence-electron chi connectivity index (χ2n) is 8.82. The van der Waals surface area contributed by atoms with Crippen LogP contribution >= 0.6 is 0 Å². The van der Waals surface area contributed by atoms with Crippen LogP contribution in [0.5, 0.6) is 0 Å². The summed E-state index contributed by atoms with van der Waals surface area (Å²) in [5.74, 6) is -2.72.